The Hall–Kier alpha value is -2.11. The van der Waals surface area contributed by atoms with E-state index in [9.17, 15) is 14.9 Å². The molecule has 0 bridgehead atoms. The van der Waals surface area contributed by atoms with E-state index in [1.165, 1.54) is 24.3 Å². The molecule has 1 aromatic rings. The van der Waals surface area contributed by atoms with Gasteiger partial charge in [-0.05, 0) is 19.1 Å². The number of nitro groups is 1. The minimum Gasteiger partial charge on any atom is -0.434 e. The predicted molar refractivity (Wildman–Crippen MR) is 50.4 cm³/mol. The molecule has 0 unspecified atom stereocenters. The molecule has 6 heteroatoms. The average molecular weight is 210 g/mol. The number of hydrogen-bond donors (Lipinski definition) is 0. The van der Waals surface area contributed by atoms with E-state index in [4.69, 9.17) is 0 Å². The lowest BCUT2D eigenvalue weighted by Crippen LogP contribution is -2.09. The lowest BCUT2D eigenvalue weighted by atomic mass is 10.3. The van der Waals surface area contributed by atoms with Crippen molar-refractivity contribution in [2.45, 2.75) is 0 Å². The molecule has 0 aliphatic carbocycles. The summed E-state index contributed by atoms with van der Waals surface area (Å²) in [6.45, 7) is 3.26. The molecule has 0 saturated carbocycles. The van der Waals surface area contributed by atoms with Gasteiger partial charge in [0.2, 0.25) is 0 Å². The Balaban J connectivity index is 2.64. The number of non-ortho nitro benzene ring substituents is 1. The van der Waals surface area contributed by atoms with Crippen molar-refractivity contribution in [1.82, 2.24) is 0 Å². The van der Waals surface area contributed by atoms with Gasteiger partial charge in [0.15, 0.2) is 0 Å². The first-order valence-corrected chi connectivity index (χ1v) is 4.02. The van der Waals surface area contributed by atoms with Crippen LogP contribution in [0.3, 0.4) is 0 Å². The van der Waals surface area contributed by atoms with Gasteiger partial charge in [0.05, 0.1) is 11.5 Å². The van der Waals surface area contributed by atoms with E-state index in [2.05, 4.69) is 16.4 Å². The van der Waals surface area contributed by atoms with Crippen molar-refractivity contribution in [3.05, 3.63) is 41.3 Å². The van der Waals surface area contributed by atoms with E-state index in [0.717, 1.165) is 0 Å². The number of carbonyl (C=O) groups excluding carboxylic acids is 1. The predicted octanol–water partition coefficient (Wildman–Crippen LogP) is 1.94. The second kappa shape index (κ2) is 4.94. The molecule has 6 nitrogen and oxygen atoms in total. The van der Waals surface area contributed by atoms with Gasteiger partial charge < -0.3 is 9.47 Å². The summed E-state index contributed by atoms with van der Waals surface area (Å²) in [6.07, 6.45) is -0.890. The quantitative estimate of drug-likeness (QED) is 0.329. The second-order valence-electron chi connectivity index (χ2n) is 2.45. The van der Waals surface area contributed by atoms with E-state index in [-0.39, 0.29) is 18.0 Å². The third-order valence-electron chi connectivity index (χ3n) is 1.47. The van der Waals surface area contributed by atoms with Gasteiger partial charge in [0.1, 0.15) is 5.75 Å². The van der Waals surface area contributed by atoms with Gasteiger partial charge in [0.25, 0.3) is 5.69 Å². The summed E-state index contributed by atoms with van der Waals surface area (Å²) in [5.74, 6) is 0.180. The van der Waals surface area contributed by atoms with Gasteiger partial charge >= 0.3 is 6.16 Å². The summed E-state index contributed by atoms with van der Waals surface area (Å²) in [6, 6.07) is 5.07. The highest BCUT2D eigenvalue weighted by molar-refractivity contribution is 5.63. The van der Waals surface area contributed by atoms with E-state index in [0.29, 0.717) is 0 Å². The van der Waals surface area contributed by atoms with Crippen LogP contribution >= 0.6 is 0 Å². The van der Waals surface area contributed by atoms with Crippen molar-refractivity contribution in [3.63, 3.8) is 0 Å². The van der Waals surface area contributed by atoms with E-state index in [1.807, 2.05) is 0 Å². The van der Waals surface area contributed by atoms with Crippen LogP contribution in [0.15, 0.2) is 24.3 Å². The molecular formula is C9H8NO5. The normalized spacial score (nSPS) is 9.40. The fourth-order valence-corrected chi connectivity index (χ4v) is 0.845. The molecule has 0 aliphatic rings. The summed E-state index contributed by atoms with van der Waals surface area (Å²) in [5, 5.41) is 10.3. The molecule has 1 aromatic carbocycles. The van der Waals surface area contributed by atoms with E-state index >= 15 is 0 Å². The monoisotopic (exact) mass is 210 g/mol. The van der Waals surface area contributed by atoms with Gasteiger partial charge in [-0.2, -0.15) is 0 Å². The molecule has 0 aromatic heterocycles. The third kappa shape index (κ3) is 3.26. The summed E-state index contributed by atoms with van der Waals surface area (Å²) in [7, 11) is 0. The summed E-state index contributed by atoms with van der Waals surface area (Å²) >= 11 is 0. The number of nitro benzene ring substituents is 1. The minimum atomic E-state index is -0.890. The Morgan fingerprint density at radius 2 is 2.00 bits per heavy atom. The molecule has 79 valence electrons. The van der Waals surface area contributed by atoms with Gasteiger partial charge in [0, 0.05) is 12.1 Å². The summed E-state index contributed by atoms with van der Waals surface area (Å²) in [5.41, 5.74) is -0.0760. The fourth-order valence-electron chi connectivity index (χ4n) is 0.845. The van der Waals surface area contributed by atoms with Crippen LogP contribution in [0.4, 0.5) is 10.5 Å². The van der Waals surface area contributed by atoms with Crippen molar-refractivity contribution < 1.29 is 19.2 Å². The average Bonchev–Trinajstić information content (AvgIpc) is 2.18. The number of rotatable bonds is 3. The minimum absolute atomic E-state index is 0.0359. The van der Waals surface area contributed by atoms with Crippen LogP contribution < -0.4 is 4.74 Å². The lowest BCUT2D eigenvalue weighted by Gasteiger charge is -2.02. The number of ether oxygens (including phenoxy) is 2. The Labute approximate surface area is 85.6 Å². The van der Waals surface area contributed by atoms with Crippen molar-refractivity contribution in [2.24, 2.45) is 0 Å². The van der Waals surface area contributed by atoms with Crippen LogP contribution in [-0.4, -0.2) is 17.7 Å². The van der Waals surface area contributed by atoms with Crippen LogP contribution in [0, 0.1) is 17.0 Å². The Morgan fingerprint density at radius 3 is 2.47 bits per heavy atom. The zero-order valence-electron chi connectivity index (χ0n) is 7.71. The van der Waals surface area contributed by atoms with Crippen molar-refractivity contribution in [1.29, 1.82) is 0 Å². The zero-order chi connectivity index (χ0) is 11.3. The molecule has 0 N–H and O–H groups in total. The molecule has 0 saturated heterocycles. The number of carbonyl (C=O) groups is 1. The first-order chi connectivity index (χ1) is 7.13. The number of nitrogens with zero attached hydrogens (tertiary/aromatic N) is 1. The van der Waals surface area contributed by atoms with Gasteiger partial charge in [-0.3, -0.25) is 10.1 Å². The molecule has 1 rings (SSSR count). The summed E-state index contributed by atoms with van der Waals surface area (Å²) in [4.78, 5) is 20.6. The standard InChI is InChI=1S/C9H8NO5/c1-2-14-9(11)15-8-5-3-7(4-6-8)10(12)13/h3-6H,1-2H2. The molecule has 0 aliphatic heterocycles. The fraction of sp³-hybridized carbons (Fsp3) is 0.111. The maximum Gasteiger partial charge on any atom is 0.513 e. The molecule has 0 spiro atoms. The molecule has 1 radical (unpaired) electrons. The van der Waals surface area contributed by atoms with Gasteiger partial charge in [-0.25, -0.2) is 4.79 Å². The van der Waals surface area contributed by atoms with Crippen LogP contribution in [0.1, 0.15) is 0 Å². The lowest BCUT2D eigenvalue weighted by molar-refractivity contribution is -0.384. The maximum absolute atomic E-state index is 10.8. The van der Waals surface area contributed by atoms with Gasteiger partial charge in [-0.15, -0.1) is 0 Å². The second-order valence-corrected chi connectivity index (χ2v) is 2.45. The zero-order valence-corrected chi connectivity index (χ0v) is 7.71. The highest BCUT2D eigenvalue weighted by Gasteiger charge is 2.07. The first kappa shape index (κ1) is 11.0. The number of benzene rings is 1. The van der Waals surface area contributed by atoms with Crippen molar-refractivity contribution >= 4 is 11.8 Å². The summed E-state index contributed by atoms with van der Waals surface area (Å²) < 4.78 is 9.08. The Morgan fingerprint density at radius 1 is 1.40 bits per heavy atom. The van der Waals surface area contributed by atoms with E-state index in [1.54, 1.807) is 0 Å². The van der Waals surface area contributed by atoms with Crippen molar-refractivity contribution in [3.8, 4) is 5.75 Å². The highest BCUT2D eigenvalue weighted by Crippen LogP contribution is 2.17. The van der Waals surface area contributed by atoms with Crippen LogP contribution in [0.5, 0.6) is 5.75 Å². The molecule has 0 atom stereocenters. The van der Waals surface area contributed by atoms with Gasteiger partial charge in [-0.1, -0.05) is 0 Å². The van der Waals surface area contributed by atoms with Crippen molar-refractivity contribution in [2.75, 3.05) is 6.61 Å². The number of hydrogen-bond acceptors (Lipinski definition) is 5. The molecule has 0 heterocycles. The molecule has 15 heavy (non-hydrogen) atoms. The topological polar surface area (TPSA) is 78.7 Å². The van der Waals surface area contributed by atoms with Crippen LogP contribution in [-0.2, 0) is 4.74 Å². The molecule has 0 fully saturated rings. The largest absolute Gasteiger partial charge is 0.513 e. The third-order valence-corrected chi connectivity index (χ3v) is 1.47. The Bertz CT molecular complexity index is 359. The first-order valence-electron chi connectivity index (χ1n) is 4.02. The molecular weight excluding hydrogens is 202 g/mol. The Kier molecular flexibility index (Phi) is 3.61. The van der Waals surface area contributed by atoms with E-state index < -0.39 is 11.1 Å². The highest BCUT2D eigenvalue weighted by atomic mass is 16.7. The smallest absolute Gasteiger partial charge is 0.434 e. The SMILES string of the molecule is [CH2]COC(=O)Oc1ccc([N+](=O)[O-])cc1. The molecule has 0 amide bonds. The van der Waals surface area contributed by atoms with Crippen LogP contribution in [0.2, 0.25) is 0 Å². The van der Waals surface area contributed by atoms with Crippen LogP contribution in [0.25, 0.3) is 0 Å². The maximum atomic E-state index is 10.8.